The molecule has 192 valence electrons. The second-order valence-corrected chi connectivity index (χ2v) is 8.32. The highest BCUT2D eigenvalue weighted by Gasteiger charge is 2.51. The Morgan fingerprint density at radius 2 is 1.49 bits per heavy atom. The summed E-state index contributed by atoms with van der Waals surface area (Å²) in [5, 5.41) is 0. The molecule has 1 aliphatic rings. The molecule has 3 aromatic rings. The number of rotatable bonds is 7. The van der Waals surface area contributed by atoms with E-state index in [9.17, 15) is 24.0 Å². The summed E-state index contributed by atoms with van der Waals surface area (Å²) in [6, 6.07) is 16.3. The van der Waals surface area contributed by atoms with Crippen molar-refractivity contribution in [2.45, 2.75) is 38.4 Å². The Balaban J connectivity index is 1.68. The van der Waals surface area contributed by atoms with Gasteiger partial charge in [-0.3, -0.25) is 19.1 Å². The Kier molecular flexibility index (Phi) is 7.63. The van der Waals surface area contributed by atoms with Crippen molar-refractivity contribution < 1.29 is 33.3 Å². The lowest BCUT2D eigenvalue weighted by Crippen LogP contribution is -2.43. The zero-order valence-electron chi connectivity index (χ0n) is 20.0. The van der Waals surface area contributed by atoms with Gasteiger partial charge in [0.15, 0.2) is 18.4 Å². The number of nitrogens with one attached hydrogen (secondary N) is 1. The highest BCUT2D eigenvalue weighted by atomic mass is 16.8. The van der Waals surface area contributed by atoms with Gasteiger partial charge in [0.25, 0.3) is 5.56 Å². The summed E-state index contributed by atoms with van der Waals surface area (Å²) in [6.45, 7) is 2.25. The molecule has 0 bridgehead atoms. The van der Waals surface area contributed by atoms with E-state index >= 15 is 0 Å². The molecule has 2 aromatic carbocycles. The molecular formula is C26H24N2O9. The van der Waals surface area contributed by atoms with Gasteiger partial charge in [0.05, 0.1) is 11.1 Å². The number of nitrogens with zero attached hydrogens (tertiary/aromatic N) is 1. The average molecular weight is 513 g/mol. The molecule has 37 heavy (non-hydrogen) atoms. The largest absolute Gasteiger partial charge is 0.459 e. The van der Waals surface area contributed by atoms with Gasteiger partial charge in [-0.2, -0.15) is 0 Å². The summed E-state index contributed by atoms with van der Waals surface area (Å²) in [7, 11) is 0. The van der Waals surface area contributed by atoms with Gasteiger partial charge in [-0.1, -0.05) is 36.4 Å². The van der Waals surface area contributed by atoms with Crippen molar-refractivity contribution in [1.82, 2.24) is 9.55 Å². The van der Waals surface area contributed by atoms with Gasteiger partial charge in [0.2, 0.25) is 0 Å². The van der Waals surface area contributed by atoms with E-state index in [4.69, 9.17) is 18.9 Å². The second kappa shape index (κ2) is 11.0. The molecule has 0 unspecified atom stereocenters. The number of ether oxygens (including phenoxy) is 4. The van der Waals surface area contributed by atoms with Gasteiger partial charge in [-0.05, 0) is 31.2 Å². The molecule has 0 spiro atoms. The number of aromatic amines is 1. The molecule has 11 heteroatoms. The maximum absolute atomic E-state index is 12.9. The minimum atomic E-state index is -1.30. The van der Waals surface area contributed by atoms with Crippen LogP contribution in [0.25, 0.3) is 0 Å². The molecule has 0 radical (unpaired) electrons. The van der Waals surface area contributed by atoms with Crippen LogP contribution in [0.15, 0.2) is 76.4 Å². The van der Waals surface area contributed by atoms with Crippen molar-refractivity contribution in [3.63, 3.8) is 0 Å². The van der Waals surface area contributed by atoms with Crippen LogP contribution in [-0.4, -0.2) is 52.4 Å². The summed E-state index contributed by atoms with van der Waals surface area (Å²) < 4.78 is 23.5. The summed E-state index contributed by atoms with van der Waals surface area (Å²) in [5.74, 6) is -2.12. The standard InChI is InChI=1S/C26H24N2O9/c1-15-13-28(26(33)27-22(15)30)23-21(35-16(2)29)20(37-25(32)18-11-7-4-8-12-18)19(36-23)14-34-24(31)17-9-5-3-6-10-17/h3-13,19-21,23H,14H2,1-2H3,(H,27,30,33)/t19-,20-,21-,23-/m1/s1/i14+1,19+1,20+1,21+1,23+1. The number of carbonyl (C=O) groups is 3. The topological polar surface area (TPSA) is 143 Å². The van der Waals surface area contributed by atoms with E-state index < -0.39 is 53.7 Å². The first-order valence-electron chi connectivity index (χ1n) is 11.4. The fraction of sp³-hybridized carbons (Fsp3) is 0.269. The lowest BCUT2D eigenvalue weighted by atomic mass is 10.2. The molecule has 0 saturated carbocycles. The zero-order chi connectivity index (χ0) is 26.5. The third-order valence-electron chi connectivity index (χ3n) is 5.65. The monoisotopic (exact) mass is 513 g/mol. The van der Waals surface area contributed by atoms with Gasteiger partial charge >= 0.3 is 23.6 Å². The fourth-order valence-electron chi connectivity index (χ4n) is 3.88. The van der Waals surface area contributed by atoms with Crippen molar-refractivity contribution in [2.75, 3.05) is 6.61 Å². The summed E-state index contributed by atoms with van der Waals surface area (Å²) in [5.41, 5.74) is -0.707. The highest BCUT2D eigenvalue weighted by molar-refractivity contribution is 5.90. The molecule has 11 nitrogen and oxygen atoms in total. The van der Waals surface area contributed by atoms with E-state index in [0.29, 0.717) is 5.56 Å². The van der Waals surface area contributed by atoms with Crippen molar-refractivity contribution in [3.8, 4) is 0 Å². The van der Waals surface area contributed by atoms with Gasteiger partial charge in [-0.25, -0.2) is 14.4 Å². The van der Waals surface area contributed by atoms with Crippen LogP contribution in [0.3, 0.4) is 0 Å². The normalized spacial score (nSPS) is 20.7. The lowest BCUT2D eigenvalue weighted by molar-refractivity contribution is -0.156. The number of hydrogen-bond acceptors (Lipinski definition) is 9. The molecule has 1 saturated heterocycles. The maximum Gasteiger partial charge on any atom is 0.338 e. The molecule has 1 fully saturated rings. The molecule has 4 rings (SSSR count). The summed E-state index contributed by atoms with van der Waals surface area (Å²) in [6.07, 6.45) is -3.72. The summed E-state index contributed by atoms with van der Waals surface area (Å²) >= 11 is 0. The molecule has 2 heterocycles. The van der Waals surface area contributed by atoms with E-state index in [1.807, 2.05) is 0 Å². The minimum Gasteiger partial charge on any atom is -0.459 e. The van der Waals surface area contributed by atoms with Crippen molar-refractivity contribution >= 4 is 17.9 Å². The lowest BCUT2D eigenvalue weighted by Gasteiger charge is -2.24. The third-order valence-corrected chi connectivity index (χ3v) is 5.65. The summed E-state index contributed by atoms with van der Waals surface area (Å²) in [4.78, 5) is 64.1. The SMILES string of the molecule is CC(=O)O[13C@@H]1[13C@H](OC(=O)c2ccccc2)[13C@@H]([13CH2]OC(=O)c2ccccc2)O[13C@H]1n1cc(C)c(=O)[nH]c1=O. The van der Waals surface area contributed by atoms with Crippen LogP contribution in [0.2, 0.25) is 0 Å². The smallest absolute Gasteiger partial charge is 0.338 e. The fourth-order valence-corrected chi connectivity index (χ4v) is 3.88. The Morgan fingerprint density at radius 3 is 2.08 bits per heavy atom. The van der Waals surface area contributed by atoms with Crippen LogP contribution in [0, 0.1) is 6.92 Å². The van der Waals surface area contributed by atoms with Crippen LogP contribution in [0.4, 0.5) is 0 Å². The quantitative estimate of drug-likeness (QED) is 0.284. The van der Waals surface area contributed by atoms with Gasteiger partial charge in [0, 0.05) is 18.7 Å². The van der Waals surface area contributed by atoms with Gasteiger partial charge in [0.1, 0.15) is 12.7 Å². The molecule has 1 N–H and O–H groups in total. The first-order valence-corrected chi connectivity index (χ1v) is 11.4. The maximum atomic E-state index is 12.9. The Hall–Kier alpha value is -4.51. The van der Waals surface area contributed by atoms with Crippen LogP contribution in [0.1, 0.15) is 39.4 Å². The minimum absolute atomic E-state index is 0.196. The first-order chi connectivity index (χ1) is 17.7. The molecule has 0 aliphatic carbocycles. The van der Waals surface area contributed by atoms with E-state index in [2.05, 4.69) is 4.98 Å². The predicted octanol–water partition coefficient (Wildman–Crippen LogP) is 1.76. The van der Waals surface area contributed by atoms with E-state index in [0.717, 1.165) is 11.5 Å². The van der Waals surface area contributed by atoms with Crippen LogP contribution in [-0.2, 0) is 23.7 Å². The third kappa shape index (κ3) is 5.84. The molecule has 1 aromatic heterocycles. The van der Waals surface area contributed by atoms with E-state index in [1.54, 1.807) is 48.5 Å². The van der Waals surface area contributed by atoms with Crippen LogP contribution >= 0.6 is 0 Å². The number of hydrogen-bond donors (Lipinski definition) is 1. The Bertz CT molecular complexity index is 1400. The second-order valence-electron chi connectivity index (χ2n) is 8.32. The molecule has 0 amide bonds. The van der Waals surface area contributed by atoms with Gasteiger partial charge in [-0.15, -0.1) is 0 Å². The first kappa shape index (κ1) is 25.6. The average Bonchev–Trinajstić information content (AvgIpc) is 3.21. The van der Waals surface area contributed by atoms with Crippen molar-refractivity contribution in [3.05, 3.63) is 104 Å². The van der Waals surface area contributed by atoms with Crippen molar-refractivity contribution in [1.29, 1.82) is 0 Å². The van der Waals surface area contributed by atoms with Crippen LogP contribution < -0.4 is 11.2 Å². The number of H-pyrrole nitrogens is 1. The molecule has 1 aliphatic heterocycles. The number of benzene rings is 2. The number of carbonyl (C=O) groups excluding carboxylic acids is 3. The molecule has 4 atom stereocenters. The van der Waals surface area contributed by atoms with Crippen molar-refractivity contribution in [2.24, 2.45) is 0 Å². The van der Waals surface area contributed by atoms with Gasteiger partial charge < -0.3 is 18.9 Å². The Labute approximate surface area is 210 Å². The van der Waals surface area contributed by atoms with E-state index in [1.165, 1.54) is 25.3 Å². The molecular weight excluding hydrogens is 489 g/mol. The van der Waals surface area contributed by atoms with Crippen LogP contribution in [0.5, 0.6) is 0 Å². The number of aryl methyl sites for hydroxylation is 1. The Morgan fingerprint density at radius 1 is 0.892 bits per heavy atom. The highest BCUT2D eigenvalue weighted by Crippen LogP contribution is 2.34. The van der Waals surface area contributed by atoms with E-state index in [-0.39, 0.29) is 17.7 Å². The number of aromatic nitrogens is 2. The zero-order valence-corrected chi connectivity index (χ0v) is 20.0. The number of esters is 3. The predicted molar refractivity (Wildman–Crippen MR) is 128 cm³/mol.